The summed E-state index contributed by atoms with van der Waals surface area (Å²) in [4.78, 5) is 14.2. The van der Waals surface area contributed by atoms with Crippen LogP contribution in [0.5, 0.6) is 5.75 Å². The molecular formula is C17H21NO3. The van der Waals surface area contributed by atoms with Crippen LogP contribution in [0, 0.1) is 12.8 Å². The van der Waals surface area contributed by atoms with E-state index < -0.39 is 0 Å². The van der Waals surface area contributed by atoms with Gasteiger partial charge >= 0.3 is 5.63 Å². The minimum Gasteiger partial charge on any atom is -0.508 e. The fourth-order valence-corrected chi connectivity index (χ4v) is 3.22. The number of likely N-dealkylation sites (tertiary alicyclic amines) is 1. The van der Waals surface area contributed by atoms with Gasteiger partial charge in [-0.2, -0.15) is 0 Å². The number of nitrogens with zero attached hydrogens (tertiary/aromatic N) is 1. The van der Waals surface area contributed by atoms with Crippen LogP contribution in [0.1, 0.15) is 30.9 Å². The van der Waals surface area contributed by atoms with E-state index in [1.54, 1.807) is 19.1 Å². The van der Waals surface area contributed by atoms with Gasteiger partial charge in [0, 0.05) is 30.1 Å². The second kappa shape index (κ2) is 5.53. The number of piperidine rings is 1. The zero-order chi connectivity index (χ0) is 15.0. The number of benzene rings is 1. The Morgan fingerprint density at radius 2 is 2.24 bits per heavy atom. The monoisotopic (exact) mass is 287 g/mol. The lowest BCUT2D eigenvalue weighted by molar-refractivity contribution is 0.177. The minimum atomic E-state index is -0.351. The molecule has 1 fully saturated rings. The number of hydrogen-bond acceptors (Lipinski definition) is 4. The second-order valence-corrected chi connectivity index (χ2v) is 6.16. The first kappa shape index (κ1) is 14.1. The smallest absolute Gasteiger partial charge is 0.336 e. The molecule has 0 amide bonds. The molecule has 4 heteroatoms. The predicted octanol–water partition coefficient (Wildman–Crippen LogP) is 3.04. The first-order valence-electron chi connectivity index (χ1n) is 7.52. The van der Waals surface area contributed by atoms with Crippen LogP contribution in [-0.2, 0) is 6.54 Å². The first-order valence-corrected chi connectivity index (χ1v) is 7.52. The third-order valence-corrected chi connectivity index (χ3v) is 4.35. The molecule has 1 aliphatic heterocycles. The number of rotatable bonds is 2. The maximum Gasteiger partial charge on any atom is 0.336 e. The first-order chi connectivity index (χ1) is 10.0. The van der Waals surface area contributed by atoms with Gasteiger partial charge in [-0.15, -0.1) is 0 Å². The van der Waals surface area contributed by atoms with Crippen LogP contribution < -0.4 is 5.63 Å². The number of phenols is 1. The zero-order valence-corrected chi connectivity index (χ0v) is 12.6. The van der Waals surface area contributed by atoms with Crippen LogP contribution >= 0.6 is 0 Å². The van der Waals surface area contributed by atoms with E-state index in [4.69, 9.17) is 4.42 Å². The molecule has 112 valence electrons. The number of aryl methyl sites for hydroxylation is 1. The molecule has 21 heavy (non-hydrogen) atoms. The van der Waals surface area contributed by atoms with Crippen molar-refractivity contribution >= 4 is 11.0 Å². The molecule has 1 unspecified atom stereocenters. The van der Waals surface area contributed by atoms with E-state index in [9.17, 15) is 9.90 Å². The molecule has 0 aliphatic carbocycles. The van der Waals surface area contributed by atoms with Crippen LogP contribution in [0.15, 0.2) is 27.4 Å². The summed E-state index contributed by atoms with van der Waals surface area (Å²) >= 11 is 0. The lowest BCUT2D eigenvalue weighted by atomic mass is 9.99. The number of hydrogen-bond donors (Lipinski definition) is 1. The number of aromatic hydroxyl groups is 1. The predicted molar refractivity (Wildman–Crippen MR) is 82.6 cm³/mol. The summed E-state index contributed by atoms with van der Waals surface area (Å²) in [6.45, 7) is 6.94. The van der Waals surface area contributed by atoms with Gasteiger partial charge in [0.2, 0.25) is 0 Å². The van der Waals surface area contributed by atoms with Gasteiger partial charge in [0.1, 0.15) is 11.3 Å². The van der Waals surface area contributed by atoms with Crippen molar-refractivity contribution in [3.05, 3.63) is 39.7 Å². The van der Waals surface area contributed by atoms with E-state index in [1.165, 1.54) is 12.8 Å². The Bertz CT molecular complexity index is 720. The van der Waals surface area contributed by atoms with Gasteiger partial charge in [0.25, 0.3) is 0 Å². The van der Waals surface area contributed by atoms with Gasteiger partial charge < -0.3 is 9.52 Å². The summed E-state index contributed by atoms with van der Waals surface area (Å²) < 4.78 is 5.29. The van der Waals surface area contributed by atoms with Gasteiger partial charge in [-0.25, -0.2) is 4.79 Å². The Balaban J connectivity index is 2.02. The van der Waals surface area contributed by atoms with Gasteiger partial charge in [0.05, 0.1) is 0 Å². The molecule has 1 atom stereocenters. The van der Waals surface area contributed by atoms with E-state index in [-0.39, 0.29) is 11.4 Å². The SMILES string of the molecule is Cc1c(O)ccc2c(CN3CCCC(C)C3)cc(=O)oc12. The van der Waals surface area contributed by atoms with Gasteiger partial charge in [-0.1, -0.05) is 6.92 Å². The molecule has 0 radical (unpaired) electrons. The molecular weight excluding hydrogens is 266 g/mol. The summed E-state index contributed by atoms with van der Waals surface area (Å²) in [5.41, 5.74) is 1.76. The molecule has 1 aliphatic rings. The van der Waals surface area contributed by atoms with Crippen molar-refractivity contribution in [1.82, 2.24) is 4.90 Å². The van der Waals surface area contributed by atoms with Crippen molar-refractivity contribution in [1.29, 1.82) is 0 Å². The van der Waals surface area contributed by atoms with Crippen molar-refractivity contribution in [2.75, 3.05) is 13.1 Å². The average molecular weight is 287 g/mol. The van der Waals surface area contributed by atoms with E-state index in [1.807, 2.05) is 6.07 Å². The Labute approximate surface area is 124 Å². The van der Waals surface area contributed by atoms with Crippen LogP contribution in [0.25, 0.3) is 11.0 Å². The Kier molecular flexibility index (Phi) is 3.72. The summed E-state index contributed by atoms with van der Waals surface area (Å²) in [6.07, 6.45) is 2.49. The van der Waals surface area contributed by atoms with Crippen molar-refractivity contribution in [3.8, 4) is 5.75 Å². The van der Waals surface area contributed by atoms with Crippen molar-refractivity contribution < 1.29 is 9.52 Å². The molecule has 1 aromatic heterocycles. The van der Waals surface area contributed by atoms with Gasteiger partial charge in [-0.05, 0) is 49.9 Å². The minimum absolute atomic E-state index is 0.161. The standard InChI is InChI=1S/C17H21NO3/c1-11-4-3-7-18(9-11)10-13-8-16(20)21-17-12(2)15(19)6-5-14(13)17/h5-6,8,11,19H,3-4,7,9-10H2,1-2H3. The fourth-order valence-electron chi connectivity index (χ4n) is 3.22. The second-order valence-electron chi connectivity index (χ2n) is 6.16. The third-order valence-electron chi connectivity index (χ3n) is 4.35. The van der Waals surface area contributed by atoms with E-state index >= 15 is 0 Å². The molecule has 0 bridgehead atoms. The lowest BCUT2D eigenvalue weighted by Crippen LogP contribution is -2.34. The average Bonchev–Trinajstić information content (AvgIpc) is 2.43. The highest BCUT2D eigenvalue weighted by atomic mass is 16.4. The van der Waals surface area contributed by atoms with Crippen molar-refractivity contribution in [2.24, 2.45) is 5.92 Å². The molecule has 2 heterocycles. The Hall–Kier alpha value is -1.81. The zero-order valence-electron chi connectivity index (χ0n) is 12.6. The third kappa shape index (κ3) is 2.81. The van der Waals surface area contributed by atoms with E-state index in [2.05, 4.69) is 11.8 Å². The molecule has 1 N–H and O–H groups in total. The molecule has 1 saturated heterocycles. The Morgan fingerprint density at radius 1 is 1.43 bits per heavy atom. The highest BCUT2D eigenvalue weighted by Crippen LogP contribution is 2.28. The van der Waals surface area contributed by atoms with Crippen LogP contribution in [0.3, 0.4) is 0 Å². The number of phenolic OH excluding ortho intramolecular Hbond substituents is 1. The Morgan fingerprint density at radius 3 is 3.00 bits per heavy atom. The van der Waals surface area contributed by atoms with E-state index in [0.29, 0.717) is 17.1 Å². The summed E-state index contributed by atoms with van der Waals surface area (Å²) in [6, 6.07) is 5.08. The fraction of sp³-hybridized carbons (Fsp3) is 0.471. The molecule has 1 aromatic carbocycles. The largest absolute Gasteiger partial charge is 0.508 e. The normalized spacial score (nSPS) is 20.0. The van der Waals surface area contributed by atoms with Gasteiger partial charge in [-0.3, -0.25) is 4.90 Å². The summed E-state index contributed by atoms with van der Waals surface area (Å²) in [5.74, 6) is 0.866. The van der Waals surface area contributed by atoms with Crippen LogP contribution in [0.4, 0.5) is 0 Å². The van der Waals surface area contributed by atoms with E-state index in [0.717, 1.165) is 30.6 Å². The maximum absolute atomic E-state index is 11.8. The van der Waals surface area contributed by atoms with Gasteiger partial charge in [0.15, 0.2) is 0 Å². The maximum atomic E-state index is 11.8. The van der Waals surface area contributed by atoms with Crippen molar-refractivity contribution in [2.45, 2.75) is 33.2 Å². The quantitative estimate of drug-likeness (QED) is 0.863. The molecule has 2 aromatic rings. The summed E-state index contributed by atoms with van der Waals surface area (Å²) in [7, 11) is 0. The van der Waals surface area contributed by atoms with Crippen LogP contribution in [0.2, 0.25) is 0 Å². The topological polar surface area (TPSA) is 53.7 Å². The molecule has 4 nitrogen and oxygen atoms in total. The highest BCUT2D eigenvalue weighted by Gasteiger charge is 2.18. The van der Waals surface area contributed by atoms with Crippen LogP contribution in [-0.4, -0.2) is 23.1 Å². The molecule has 0 saturated carbocycles. The molecule has 3 rings (SSSR count). The lowest BCUT2D eigenvalue weighted by Gasteiger charge is -2.31. The summed E-state index contributed by atoms with van der Waals surface area (Å²) in [5, 5.41) is 10.7. The van der Waals surface area contributed by atoms with Crippen molar-refractivity contribution in [3.63, 3.8) is 0 Å². The number of fused-ring (bicyclic) bond motifs is 1. The molecule has 0 spiro atoms. The highest BCUT2D eigenvalue weighted by molar-refractivity contribution is 5.84.